The molecule has 2 amide bonds. The lowest BCUT2D eigenvalue weighted by molar-refractivity contribution is -0.150. The third-order valence-electron chi connectivity index (χ3n) is 6.27. The fraction of sp³-hybridized carbons (Fsp3) is 0.636. The molecule has 3 rings (SSSR count). The molecule has 0 aliphatic carbocycles. The second-order valence-electron chi connectivity index (χ2n) is 8.09. The minimum absolute atomic E-state index is 0. The zero-order valence-electron chi connectivity index (χ0n) is 17.3. The summed E-state index contributed by atoms with van der Waals surface area (Å²) in [5.74, 6) is 0.829. The predicted molar refractivity (Wildman–Crippen MR) is 114 cm³/mol. The van der Waals surface area contributed by atoms with E-state index in [1.54, 1.807) is 0 Å². The molecular formula is C22H34ClN3O2. The van der Waals surface area contributed by atoms with Crippen LogP contribution < -0.4 is 5.32 Å². The van der Waals surface area contributed by atoms with Crippen LogP contribution in [0, 0.1) is 11.8 Å². The van der Waals surface area contributed by atoms with Crippen LogP contribution in [0.4, 0.5) is 0 Å². The maximum atomic E-state index is 13.4. The number of nitrogens with one attached hydrogen (secondary N) is 1. The average Bonchev–Trinajstić information content (AvgIpc) is 2.72. The van der Waals surface area contributed by atoms with Crippen LogP contribution in [0.2, 0.25) is 0 Å². The van der Waals surface area contributed by atoms with Crippen LogP contribution in [0.25, 0.3) is 0 Å². The van der Waals surface area contributed by atoms with E-state index in [0.29, 0.717) is 18.9 Å². The summed E-state index contributed by atoms with van der Waals surface area (Å²) in [4.78, 5) is 30.2. The Bertz CT molecular complexity index is 674. The first-order chi connectivity index (χ1) is 13.0. The quantitative estimate of drug-likeness (QED) is 0.816. The molecule has 1 fully saturated rings. The Morgan fingerprint density at radius 3 is 2.43 bits per heavy atom. The van der Waals surface area contributed by atoms with Crippen LogP contribution in [-0.4, -0.2) is 54.3 Å². The number of carbonyl (C=O) groups excluding carboxylic acids is 2. The van der Waals surface area contributed by atoms with Gasteiger partial charge in [-0.05, 0) is 49.9 Å². The molecule has 1 N–H and O–H groups in total. The highest BCUT2D eigenvalue weighted by Gasteiger charge is 2.38. The van der Waals surface area contributed by atoms with Crippen molar-refractivity contribution in [1.29, 1.82) is 0 Å². The number of hydrogen-bond acceptors (Lipinski definition) is 3. The van der Waals surface area contributed by atoms with E-state index in [0.717, 1.165) is 38.9 Å². The van der Waals surface area contributed by atoms with Crippen molar-refractivity contribution < 1.29 is 9.59 Å². The summed E-state index contributed by atoms with van der Waals surface area (Å²) in [5, 5.41) is 3.24. The molecule has 2 heterocycles. The highest BCUT2D eigenvalue weighted by Crippen LogP contribution is 2.28. The summed E-state index contributed by atoms with van der Waals surface area (Å²) in [7, 11) is 1.98. The largest absolute Gasteiger partial charge is 0.341 e. The van der Waals surface area contributed by atoms with Crippen LogP contribution in [-0.2, 0) is 22.6 Å². The average molecular weight is 408 g/mol. The lowest BCUT2D eigenvalue weighted by atomic mass is 9.90. The Hall–Kier alpha value is -1.59. The molecular weight excluding hydrogens is 374 g/mol. The molecule has 2 aliphatic heterocycles. The van der Waals surface area contributed by atoms with Crippen molar-refractivity contribution in [2.45, 2.75) is 52.1 Å². The molecule has 0 bridgehead atoms. The van der Waals surface area contributed by atoms with Crippen molar-refractivity contribution in [1.82, 2.24) is 15.1 Å². The van der Waals surface area contributed by atoms with Gasteiger partial charge in [0.25, 0.3) is 0 Å². The molecule has 2 unspecified atom stereocenters. The maximum Gasteiger partial charge on any atom is 0.245 e. The number of hydrogen-bond donors (Lipinski definition) is 1. The van der Waals surface area contributed by atoms with Gasteiger partial charge < -0.3 is 15.1 Å². The van der Waals surface area contributed by atoms with Gasteiger partial charge in [-0.2, -0.15) is 0 Å². The van der Waals surface area contributed by atoms with E-state index in [1.807, 2.05) is 42.8 Å². The Balaban J connectivity index is 0.00000280. The molecule has 5 nitrogen and oxygen atoms in total. The first-order valence-electron chi connectivity index (χ1n) is 10.4. The van der Waals surface area contributed by atoms with Gasteiger partial charge in [0.15, 0.2) is 0 Å². The van der Waals surface area contributed by atoms with E-state index < -0.39 is 0 Å². The van der Waals surface area contributed by atoms with Crippen molar-refractivity contribution in [3.05, 3.63) is 35.4 Å². The number of fused-ring (bicyclic) bond motifs is 1. The summed E-state index contributed by atoms with van der Waals surface area (Å²) < 4.78 is 0. The second kappa shape index (κ2) is 10.3. The maximum absolute atomic E-state index is 13.4. The highest BCUT2D eigenvalue weighted by molar-refractivity contribution is 5.89. The molecule has 0 saturated carbocycles. The number of likely N-dealkylation sites (tertiary alicyclic amines) is 1. The molecule has 1 aromatic carbocycles. The molecule has 156 valence electrons. The van der Waals surface area contributed by atoms with Gasteiger partial charge in [0.1, 0.15) is 6.04 Å². The molecule has 0 radical (unpaired) electrons. The van der Waals surface area contributed by atoms with Gasteiger partial charge in [-0.1, -0.05) is 38.1 Å². The zero-order valence-corrected chi connectivity index (χ0v) is 18.1. The molecule has 2 aliphatic rings. The van der Waals surface area contributed by atoms with Gasteiger partial charge in [0.2, 0.25) is 11.8 Å². The van der Waals surface area contributed by atoms with Gasteiger partial charge >= 0.3 is 0 Å². The Labute approximate surface area is 175 Å². The van der Waals surface area contributed by atoms with Gasteiger partial charge in [0.05, 0.1) is 0 Å². The van der Waals surface area contributed by atoms with E-state index in [4.69, 9.17) is 0 Å². The fourth-order valence-electron chi connectivity index (χ4n) is 4.29. The molecule has 2 atom stereocenters. The van der Waals surface area contributed by atoms with Gasteiger partial charge in [0, 0.05) is 32.0 Å². The minimum atomic E-state index is -0.359. The third kappa shape index (κ3) is 4.87. The Morgan fingerprint density at radius 1 is 1.18 bits per heavy atom. The predicted octanol–water partition coefficient (Wildman–Crippen LogP) is 2.87. The number of amides is 2. The monoisotopic (exact) mass is 407 g/mol. The minimum Gasteiger partial charge on any atom is -0.341 e. The normalized spacial score (nSPS) is 20.9. The lowest BCUT2D eigenvalue weighted by Crippen LogP contribution is -2.56. The summed E-state index contributed by atoms with van der Waals surface area (Å²) in [6.07, 6.45) is 3.51. The van der Waals surface area contributed by atoms with E-state index in [-0.39, 0.29) is 36.2 Å². The van der Waals surface area contributed by atoms with Crippen LogP contribution in [0.15, 0.2) is 24.3 Å². The van der Waals surface area contributed by atoms with Crippen LogP contribution in [0.5, 0.6) is 0 Å². The topological polar surface area (TPSA) is 52.7 Å². The van der Waals surface area contributed by atoms with Crippen LogP contribution in [0.1, 0.15) is 44.2 Å². The van der Waals surface area contributed by atoms with E-state index in [1.165, 1.54) is 11.1 Å². The van der Waals surface area contributed by atoms with Crippen molar-refractivity contribution in [2.24, 2.45) is 11.8 Å². The number of nitrogens with zero attached hydrogens (tertiary/aromatic N) is 2. The number of piperidine rings is 1. The molecule has 1 aromatic rings. The molecule has 1 saturated heterocycles. The Morgan fingerprint density at radius 2 is 1.82 bits per heavy atom. The SMILES string of the molecule is CCC(C)C(=O)N1Cc2ccccc2CC1C(=O)N1CCC(CNC)CC1.Cl. The zero-order chi connectivity index (χ0) is 19.4. The summed E-state index contributed by atoms with van der Waals surface area (Å²) >= 11 is 0. The molecule has 0 aromatic heterocycles. The fourth-order valence-corrected chi connectivity index (χ4v) is 4.29. The van der Waals surface area contributed by atoms with Crippen LogP contribution in [0.3, 0.4) is 0 Å². The number of halogens is 1. The van der Waals surface area contributed by atoms with Crippen molar-refractivity contribution >= 4 is 24.2 Å². The number of carbonyl (C=O) groups is 2. The van der Waals surface area contributed by atoms with Crippen molar-refractivity contribution in [3.63, 3.8) is 0 Å². The number of rotatable bonds is 5. The van der Waals surface area contributed by atoms with E-state index in [9.17, 15) is 9.59 Å². The van der Waals surface area contributed by atoms with Crippen molar-refractivity contribution in [2.75, 3.05) is 26.7 Å². The lowest BCUT2D eigenvalue weighted by Gasteiger charge is -2.41. The second-order valence-corrected chi connectivity index (χ2v) is 8.09. The summed E-state index contributed by atoms with van der Waals surface area (Å²) in [6, 6.07) is 7.85. The smallest absolute Gasteiger partial charge is 0.245 e. The van der Waals surface area contributed by atoms with E-state index >= 15 is 0 Å². The Kier molecular flexibility index (Phi) is 8.32. The molecule has 28 heavy (non-hydrogen) atoms. The third-order valence-corrected chi connectivity index (χ3v) is 6.27. The first-order valence-corrected chi connectivity index (χ1v) is 10.4. The number of benzene rings is 1. The molecule has 0 spiro atoms. The van der Waals surface area contributed by atoms with Gasteiger partial charge in [-0.15, -0.1) is 12.4 Å². The highest BCUT2D eigenvalue weighted by atomic mass is 35.5. The van der Waals surface area contributed by atoms with Gasteiger partial charge in [-0.3, -0.25) is 9.59 Å². The standard InChI is InChI=1S/C22H33N3O2.ClH/c1-4-16(2)21(26)25-15-19-8-6-5-7-18(19)13-20(25)22(27)24-11-9-17(10-12-24)14-23-3;/h5-8,16-17,20,23H,4,9-15H2,1-3H3;1H. The first kappa shape index (κ1) is 22.7. The van der Waals surface area contributed by atoms with Gasteiger partial charge in [-0.25, -0.2) is 0 Å². The summed E-state index contributed by atoms with van der Waals surface area (Å²) in [5.41, 5.74) is 2.38. The van der Waals surface area contributed by atoms with E-state index in [2.05, 4.69) is 17.4 Å². The summed E-state index contributed by atoms with van der Waals surface area (Å²) in [6.45, 7) is 7.16. The molecule has 6 heteroatoms. The van der Waals surface area contributed by atoms with Crippen LogP contribution >= 0.6 is 12.4 Å². The van der Waals surface area contributed by atoms with Crippen molar-refractivity contribution in [3.8, 4) is 0 Å².